The molecule has 0 radical (unpaired) electrons. The molecule has 0 N–H and O–H groups in total. The first kappa shape index (κ1) is 25.0. The summed E-state index contributed by atoms with van der Waals surface area (Å²) >= 11 is 7.85. The Labute approximate surface area is 206 Å². The van der Waals surface area contributed by atoms with Crippen LogP contribution in [0.4, 0.5) is 4.39 Å². The Balaban J connectivity index is 0.00000144. The molecule has 10 heteroatoms. The number of aromatic nitrogens is 2. The lowest BCUT2D eigenvalue weighted by Crippen LogP contribution is -2.35. The van der Waals surface area contributed by atoms with Crippen molar-refractivity contribution in [1.82, 2.24) is 14.6 Å². The Morgan fingerprint density at radius 1 is 1.19 bits per heavy atom. The first-order valence-corrected chi connectivity index (χ1v) is 11.3. The average Bonchev–Trinajstić information content (AvgIpc) is 3.29. The molecule has 5 nitrogen and oxygen atoms in total. The minimum absolute atomic E-state index is 0. The molecule has 0 spiro atoms. The second kappa shape index (κ2) is 10.5. The predicted octanol–water partition coefficient (Wildman–Crippen LogP) is 5.92. The predicted molar refractivity (Wildman–Crippen MR) is 133 cm³/mol. The molecule has 1 aliphatic heterocycles. The van der Waals surface area contributed by atoms with Crippen LogP contribution in [0.3, 0.4) is 0 Å². The maximum Gasteiger partial charge on any atom is 0.185 e. The smallest absolute Gasteiger partial charge is 0.185 e. The lowest BCUT2D eigenvalue weighted by atomic mass is 9.96. The van der Waals surface area contributed by atoms with Gasteiger partial charge in [-0.1, -0.05) is 28.1 Å². The fourth-order valence-electron chi connectivity index (χ4n) is 4.27. The number of rotatable bonds is 4. The van der Waals surface area contributed by atoms with Gasteiger partial charge in [-0.15, -0.1) is 24.8 Å². The SMILES string of the molecule is CN=c1sc2cc(Cl)ccc2n1CC1CCN(Cc2noc3cc(F)ccc23)CC1.Cl.Cl. The van der Waals surface area contributed by atoms with E-state index in [2.05, 4.69) is 25.7 Å². The molecule has 32 heavy (non-hydrogen) atoms. The molecule has 1 aliphatic rings. The van der Waals surface area contributed by atoms with Gasteiger partial charge in [0.05, 0.1) is 10.2 Å². The van der Waals surface area contributed by atoms with E-state index in [1.54, 1.807) is 17.4 Å². The molecule has 3 heterocycles. The van der Waals surface area contributed by atoms with E-state index in [-0.39, 0.29) is 30.6 Å². The van der Waals surface area contributed by atoms with E-state index in [1.165, 1.54) is 22.3 Å². The van der Waals surface area contributed by atoms with Crippen molar-refractivity contribution in [2.45, 2.75) is 25.9 Å². The highest BCUT2D eigenvalue weighted by Crippen LogP contribution is 2.27. The monoisotopic (exact) mass is 516 g/mol. The zero-order chi connectivity index (χ0) is 20.7. The van der Waals surface area contributed by atoms with E-state index in [0.29, 0.717) is 11.5 Å². The van der Waals surface area contributed by atoms with E-state index < -0.39 is 0 Å². The Kier molecular flexibility index (Phi) is 8.22. The fourth-order valence-corrected chi connectivity index (χ4v) is 5.54. The van der Waals surface area contributed by atoms with Crippen LogP contribution < -0.4 is 4.80 Å². The van der Waals surface area contributed by atoms with Gasteiger partial charge in [-0.25, -0.2) is 4.39 Å². The van der Waals surface area contributed by atoms with Crippen LogP contribution in [0.2, 0.25) is 5.02 Å². The molecule has 5 rings (SSSR count). The molecule has 2 aromatic carbocycles. The number of nitrogens with zero attached hydrogens (tertiary/aromatic N) is 4. The summed E-state index contributed by atoms with van der Waals surface area (Å²) in [5.41, 5.74) is 2.59. The summed E-state index contributed by atoms with van der Waals surface area (Å²) in [6.07, 6.45) is 2.23. The van der Waals surface area contributed by atoms with Crippen molar-refractivity contribution in [3.63, 3.8) is 0 Å². The number of fused-ring (bicyclic) bond motifs is 2. The van der Waals surface area contributed by atoms with Crippen LogP contribution in [-0.2, 0) is 13.1 Å². The molecule has 0 aliphatic carbocycles. The first-order chi connectivity index (χ1) is 14.6. The lowest BCUT2D eigenvalue weighted by molar-refractivity contribution is 0.164. The molecular formula is C22H24Cl3FN4OS. The van der Waals surface area contributed by atoms with Crippen LogP contribution in [0.5, 0.6) is 0 Å². The van der Waals surface area contributed by atoms with Gasteiger partial charge in [0, 0.05) is 36.6 Å². The molecule has 172 valence electrons. The second-order valence-electron chi connectivity index (χ2n) is 7.82. The van der Waals surface area contributed by atoms with Crippen molar-refractivity contribution in [3.8, 4) is 0 Å². The zero-order valence-corrected chi connectivity index (χ0v) is 20.7. The van der Waals surface area contributed by atoms with Gasteiger partial charge in [-0.05, 0) is 62.2 Å². The second-order valence-corrected chi connectivity index (χ2v) is 9.27. The maximum atomic E-state index is 13.4. The minimum atomic E-state index is -0.301. The van der Waals surface area contributed by atoms with Gasteiger partial charge in [0.15, 0.2) is 10.4 Å². The molecule has 4 aromatic rings. The van der Waals surface area contributed by atoms with Crippen LogP contribution >= 0.6 is 47.8 Å². The summed E-state index contributed by atoms with van der Waals surface area (Å²) in [4.78, 5) is 7.92. The highest BCUT2D eigenvalue weighted by molar-refractivity contribution is 7.16. The average molecular weight is 518 g/mol. The molecule has 0 unspecified atom stereocenters. The van der Waals surface area contributed by atoms with Gasteiger partial charge in [0.25, 0.3) is 0 Å². The van der Waals surface area contributed by atoms with Crippen molar-refractivity contribution in [2.75, 3.05) is 20.1 Å². The standard InChI is InChI=1S/C22H22ClFN4OS.2ClH/c1-25-22-28(19-5-2-15(23)10-21(19)30-22)12-14-6-8-27(9-7-14)13-18-17-4-3-16(24)11-20(17)29-26-18;;/h2-5,10-11,14H,6-9,12-13H2,1H3;2*1H. The van der Waals surface area contributed by atoms with Gasteiger partial charge in [-0.2, -0.15) is 0 Å². The maximum absolute atomic E-state index is 13.4. The molecule has 1 fully saturated rings. The zero-order valence-electron chi connectivity index (χ0n) is 17.5. The van der Waals surface area contributed by atoms with Crippen LogP contribution in [0.1, 0.15) is 18.5 Å². The van der Waals surface area contributed by atoms with Crippen LogP contribution in [0.15, 0.2) is 45.9 Å². The molecule has 2 aromatic heterocycles. The van der Waals surface area contributed by atoms with Gasteiger partial charge in [0.2, 0.25) is 0 Å². The minimum Gasteiger partial charge on any atom is -0.356 e. The Hall–Kier alpha value is -1.64. The third-order valence-electron chi connectivity index (χ3n) is 5.87. The Morgan fingerprint density at radius 2 is 1.97 bits per heavy atom. The van der Waals surface area contributed by atoms with Crippen molar-refractivity contribution in [1.29, 1.82) is 0 Å². The highest BCUT2D eigenvalue weighted by atomic mass is 35.5. The van der Waals surface area contributed by atoms with Crippen LogP contribution in [0, 0.1) is 11.7 Å². The van der Waals surface area contributed by atoms with Crippen molar-refractivity contribution in [3.05, 3.63) is 57.7 Å². The van der Waals surface area contributed by atoms with Gasteiger partial charge < -0.3 is 9.09 Å². The number of benzene rings is 2. The highest BCUT2D eigenvalue weighted by Gasteiger charge is 2.22. The Bertz CT molecular complexity index is 1280. The molecule has 0 amide bonds. The topological polar surface area (TPSA) is 46.6 Å². The van der Waals surface area contributed by atoms with Gasteiger partial charge in [0.1, 0.15) is 11.5 Å². The fraction of sp³-hybridized carbons (Fsp3) is 0.364. The normalized spacial score (nSPS) is 15.8. The van der Waals surface area contributed by atoms with Crippen LogP contribution in [0.25, 0.3) is 21.2 Å². The summed E-state index contributed by atoms with van der Waals surface area (Å²) in [6, 6.07) is 10.7. The number of thiazole rings is 1. The molecule has 1 saturated heterocycles. The quantitative estimate of drug-likeness (QED) is 0.337. The third kappa shape index (κ3) is 4.97. The van der Waals surface area contributed by atoms with E-state index in [0.717, 1.165) is 59.9 Å². The summed E-state index contributed by atoms with van der Waals surface area (Å²) in [6.45, 7) is 3.71. The van der Waals surface area contributed by atoms with Crippen molar-refractivity contribution in [2.24, 2.45) is 10.9 Å². The van der Waals surface area contributed by atoms with E-state index in [1.807, 2.05) is 19.2 Å². The third-order valence-corrected chi connectivity index (χ3v) is 7.23. The largest absolute Gasteiger partial charge is 0.356 e. The van der Waals surface area contributed by atoms with Gasteiger partial charge in [-0.3, -0.25) is 9.89 Å². The molecular weight excluding hydrogens is 494 g/mol. The molecule has 0 atom stereocenters. The Morgan fingerprint density at radius 3 is 2.72 bits per heavy atom. The summed E-state index contributed by atoms with van der Waals surface area (Å²) in [5, 5.41) is 5.82. The number of likely N-dealkylation sites (tertiary alicyclic amines) is 1. The number of piperidine rings is 1. The van der Waals surface area contributed by atoms with E-state index in [9.17, 15) is 4.39 Å². The molecule has 0 bridgehead atoms. The van der Waals surface area contributed by atoms with Gasteiger partial charge >= 0.3 is 0 Å². The van der Waals surface area contributed by atoms with E-state index >= 15 is 0 Å². The van der Waals surface area contributed by atoms with Crippen LogP contribution in [-0.4, -0.2) is 34.8 Å². The number of halogens is 4. The number of hydrogen-bond donors (Lipinski definition) is 0. The lowest BCUT2D eigenvalue weighted by Gasteiger charge is -2.31. The summed E-state index contributed by atoms with van der Waals surface area (Å²) in [5.74, 6) is 0.299. The first-order valence-electron chi connectivity index (χ1n) is 10.1. The van der Waals surface area contributed by atoms with E-state index in [4.69, 9.17) is 16.1 Å². The summed E-state index contributed by atoms with van der Waals surface area (Å²) in [7, 11) is 1.85. The summed E-state index contributed by atoms with van der Waals surface area (Å²) < 4.78 is 22.2. The number of hydrogen-bond acceptors (Lipinski definition) is 5. The molecule has 0 saturated carbocycles. The van der Waals surface area contributed by atoms with Crippen molar-refractivity contribution < 1.29 is 8.91 Å². The van der Waals surface area contributed by atoms with Crippen molar-refractivity contribution >= 4 is 68.9 Å².